The summed E-state index contributed by atoms with van der Waals surface area (Å²) in [5, 5.41) is 0. The van der Waals surface area contributed by atoms with E-state index in [4.69, 9.17) is 5.73 Å². The Hall–Kier alpha value is -1.06. The zero-order valence-corrected chi connectivity index (χ0v) is 13.0. The van der Waals surface area contributed by atoms with Crippen molar-refractivity contribution < 1.29 is 4.79 Å². The number of carbonyl (C=O) groups excluding carboxylic acids is 1. The minimum atomic E-state index is -0.382. The molecule has 2 atom stereocenters. The summed E-state index contributed by atoms with van der Waals surface area (Å²) in [6.45, 7) is 6.12. The third-order valence-corrected chi connectivity index (χ3v) is 3.41. The second kappa shape index (κ2) is 8.18. The van der Waals surface area contributed by atoms with Gasteiger partial charge in [-0.25, -0.2) is 0 Å². The van der Waals surface area contributed by atoms with Crippen LogP contribution in [0.15, 0.2) is 24.3 Å². The van der Waals surface area contributed by atoms with Crippen LogP contribution in [0.1, 0.15) is 43.9 Å². The van der Waals surface area contributed by atoms with E-state index in [1.54, 1.807) is 4.90 Å². The van der Waals surface area contributed by atoms with E-state index in [9.17, 15) is 4.79 Å². The number of halogens is 1. The van der Waals surface area contributed by atoms with Crippen LogP contribution in [0.4, 0.5) is 0 Å². The van der Waals surface area contributed by atoms with Gasteiger partial charge in [-0.05, 0) is 25.8 Å². The van der Waals surface area contributed by atoms with Crippen molar-refractivity contribution in [3.8, 4) is 0 Å². The molecule has 0 radical (unpaired) electrons. The van der Waals surface area contributed by atoms with Crippen LogP contribution < -0.4 is 5.73 Å². The topological polar surface area (TPSA) is 46.3 Å². The van der Waals surface area contributed by atoms with Gasteiger partial charge in [0.05, 0.1) is 12.1 Å². The standard InChI is InChI=1S/C15H24N2O.ClH/c1-5-6-14(16)15(18)17(4)12(3)13-9-7-11(2)8-10-13;/h7-10,12,14H,5-6,16H2,1-4H3;1H. The van der Waals surface area contributed by atoms with Gasteiger partial charge in [-0.3, -0.25) is 4.79 Å². The van der Waals surface area contributed by atoms with Gasteiger partial charge in [0.1, 0.15) is 0 Å². The molecule has 1 aromatic rings. The zero-order chi connectivity index (χ0) is 13.7. The Morgan fingerprint density at radius 2 is 1.84 bits per heavy atom. The molecule has 0 spiro atoms. The number of benzene rings is 1. The molecule has 1 rings (SSSR count). The molecule has 1 aromatic carbocycles. The highest BCUT2D eigenvalue weighted by Gasteiger charge is 2.22. The largest absolute Gasteiger partial charge is 0.338 e. The van der Waals surface area contributed by atoms with Gasteiger partial charge < -0.3 is 10.6 Å². The molecule has 1 amide bonds. The highest BCUT2D eigenvalue weighted by Crippen LogP contribution is 2.20. The highest BCUT2D eigenvalue weighted by molar-refractivity contribution is 5.85. The summed E-state index contributed by atoms with van der Waals surface area (Å²) in [5.41, 5.74) is 8.24. The van der Waals surface area contributed by atoms with Gasteiger partial charge in [-0.1, -0.05) is 43.2 Å². The van der Waals surface area contributed by atoms with Crippen molar-refractivity contribution in [1.82, 2.24) is 4.90 Å². The van der Waals surface area contributed by atoms with Crippen molar-refractivity contribution in [2.75, 3.05) is 7.05 Å². The van der Waals surface area contributed by atoms with E-state index in [-0.39, 0.29) is 30.4 Å². The lowest BCUT2D eigenvalue weighted by Gasteiger charge is -2.28. The third kappa shape index (κ3) is 4.84. The number of nitrogens with zero attached hydrogens (tertiary/aromatic N) is 1. The van der Waals surface area contributed by atoms with Crippen molar-refractivity contribution in [1.29, 1.82) is 0 Å². The van der Waals surface area contributed by atoms with Crippen LogP contribution in [0.2, 0.25) is 0 Å². The molecule has 2 unspecified atom stereocenters. The Kier molecular flexibility index (Phi) is 7.72. The quantitative estimate of drug-likeness (QED) is 0.903. The summed E-state index contributed by atoms with van der Waals surface area (Å²) in [6, 6.07) is 7.94. The molecule has 0 aromatic heterocycles. The summed E-state index contributed by atoms with van der Waals surface area (Å²) in [4.78, 5) is 13.9. The number of hydrogen-bond donors (Lipinski definition) is 1. The van der Waals surface area contributed by atoms with Crippen LogP contribution in [0, 0.1) is 6.92 Å². The molecule has 0 aliphatic carbocycles. The maximum Gasteiger partial charge on any atom is 0.239 e. The lowest BCUT2D eigenvalue weighted by molar-refractivity contribution is -0.133. The van der Waals surface area contributed by atoms with Crippen LogP contribution in [0.25, 0.3) is 0 Å². The molecule has 108 valence electrons. The summed E-state index contributed by atoms with van der Waals surface area (Å²) in [6.07, 6.45) is 1.67. The van der Waals surface area contributed by atoms with E-state index < -0.39 is 0 Å². The van der Waals surface area contributed by atoms with E-state index in [1.807, 2.05) is 20.9 Å². The fourth-order valence-corrected chi connectivity index (χ4v) is 1.96. The maximum atomic E-state index is 12.1. The maximum absolute atomic E-state index is 12.1. The minimum absolute atomic E-state index is 0. The first kappa shape index (κ1) is 17.9. The fraction of sp³-hybridized carbons (Fsp3) is 0.533. The summed E-state index contributed by atoms with van der Waals surface area (Å²) in [7, 11) is 1.82. The Bertz CT molecular complexity index is 392. The zero-order valence-electron chi connectivity index (χ0n) is 12.2. The van der Waals surface area contributed by atoms with Gasteiger partial charge in [0.2, 0.25) is 5.91 Å². The Balaban J connectivity index is 0.00000324. The van der Waals surface area contributed by atoms with Gasteiger partial charge >= 0.3 is 0 Å². The number of hydrogen-bond acceptors (Lipinski definition) is 2. The fourth-order valence-electron chi connectivity index (χ4n) is 1.96. The minimum Gasteiger partial charge on any atom is -0.338 e. The number of rotatable bonds is 5. The molecule has 0 aliphatic rings. The lowest BCUT2D eigenvalue weighted by Crippen LogP contribution is -2.42. The molecular weight excluding hydrogens is 260 g/mol. The van der Waals surface area contributed by atoms with Gasteiger partial charge in [-0.15, -0.1) is 12.4 Å². The van der Waals surface area contributed by atoms with Gasteiger partial charge in [0.15, 0.2) is 0 Å². The molecule has 3 nitrogen and oxygen atoms in total. The lowest BCUT2D eigenvalue weighted by atomic mass is 10.0. The van der Waals surface area contributed by atoms with E-state index in [0.29, 0.717) is 0 Å². The van der Waals surface area contributed by atoms with E-state index >= 15 is 0 Å². The number of likely N-dealkylation sites (N-methyl/N-ethyl adjacent to an activating group) is 1. The van der Waals surface area contributed by atoms with Gasteiger partial charge in [-0.2, -0.15) is 0 Å². The first-order valence-electron chi connectivity index (χ1n) is 6.56. The number of nitrogens with two attached hydrogens (primary N) is 1. The number of aryl methyl sites for hydroxylation is 1. The van der Waals surface area contributed by atoms with Crippen LogP contribution >= 0.6 is 12.4 Å². The Morgan fingerprint density at radius 1 is 1.32 bits per heavy atom. The summed E-state index contributed by atoms with van der Waals surface area (Å²) in [5.74, 6) is 0.0184. The van der Waals surface area contributed by atoms with Crippen molar-refractivity contribution in [2.45, 2.75) is 45.7 Å². The Morgan fingerprint density at radius 3 is 2.32 bits per heavy atom. The molecule has 19 heavy (non-hydrogen) atoms. The van der Waals surface area contributed by atoms with Crippen LogP contribution in [0.3, 0.4) is 0 Å². The predicted octanol–water partition coefficient (Wildman–Crippen LogP) is 3.06. The van der Waals surface area contributed by atoms with Crippen LogP contribution in [-0.4, -0.2) is 23.9 Å². The van der Waals surface area contributed by atoms with Crippen molar-refractivity contribution >= 4 is 18.3 Å². The third-order valence-electron chi connectivity index (χ3n) is 3.41. The van der Waals surface area contributed by atoms with Gasteiger partial charge in [0, 0.05) is 7.05 Å². The van der Waals surface area contributed by atoms with Crippen LogP contribution in [0.5, 0.6) is 0 Å². The second-order valence-electron chi connectivity index (χ2n) is 4.93. The summed E-state index contributed by atoms with van der Waals surface area (Å²) < 4.78 is 0. The molecular formula is C15H25ClN2O. The molecule has 0 saturated heterocycles. The van der Waals surface area contributed by atoms with Crippen molar-refractivity contribution in [3.05, 3.63) is 35.4 Å². The molecule has 2 N–H and O–H groups in total. The van der Waals surface area contributed by atoms with E-state index in [0.717, 1.165) is 18.4 Å². The average molecular weight is 285 g/mol. The predicted molar refractivity (Wildman–Crippen MR) is 82.5 cm³/mol. The Labute approximate surface area is 122 Å². The van der Waals surface area contributed by atoms with E-state index in [1.165, 1.54) is 5.56 Å². The first-order valence-corrected chi connectivity index (χ1v) is 6.56. The molecule has 4 heteroatoms. The molecule has 0 saturated carbocycles. The normalized spacial score (nSPS) is 13.3. The molecule has 0 aliphatic heterocycles. The number of amides is 1. The SMILES string of the molecule is CCCC(N)C(=O)N(C)C(C)c1ccc(C)cc1.Cl. The molecule has 0 bridgehead atoms. The van der Waals surface area contributed by atoms with Gasteiger partial charge in [0.25, 0.3) is 0 Å². The monoisotopic (exact) mass is 284 g/mol. The molecule has 0 fully saturated rings. The second-order valence-corrected chi connectivity index (χ2v) is 4.93. The molecule has 0 heterocycles. The smallest absolute Gasteiger partial charge is 0.239 e. The highest BCUT2D eigenvalue weighted by atomic mass is 35.5. The van der Waals surface area contributed by atoms with Crippen molar-refractivity contribution in [2.24, 2.45) is 5.73 Å². The number of carbonyl (C=O) groups is 1. The first-order chi connectivity index (χ1) is 8.47. The van der Waals surface area contributed by atoms with Crippen LogP contribution in [-0.2, 0) is 4.79 Å². The van der Waals surface area contributed by atoms with Crippen molar-refractivity contribution in [3.63, 3.8) is 0 Å². The summed E-state index contributed by atoms with van der Waals surface area (Å²) >= 11 is 0. The van der Waals surface area contributed by atoms with E-state index in [2.05, 4.69) is 31.2 Å². The average Bonchev–Trinajstić information content (AvgIpc) is 2.37.